The SMILES string of the molecule is C#Cc1c(F)ccc2cc(O)cc(-c3ncc4c(N5C[C@H]6C[C@@H](O)C[C@H]6C5)nc(OC[C@@]56CCCN5C[C@H](F)C6)nc4c3F)c12. The molecular formula is C34H32F3N5O3. The summed E-state index contributed by atoms with van der Waals surface area (Å²) in [6.07, 6.45) is 9.42. The number of fused-ring (bicyclic) bond motifs is 4. The molecule has 11 heteroatoms. The normalized spacial score (nSPS) is 27.8. The van der Waals surface area contributed by atoms with E-state index in [2.05, 4.69) is 25.7 Å². The molecule has 1 saturated carbocycles. The van der Waals surface area contributed by atoms with Crippen LogP contribution >= 0.6 is 0 Å². The van der Waals surface area contributed by atoms with Crippen LogP contribution in [0.15, 0.2) is 30.5 Å². The van der Waals surface area contributed by atoms with Gasteiger partial charge in [-0.1, -0.05) is 12.0 Å². The quantitative estimate of drug-likeness (QED) is 0.304. The van der Waals surface area contributed by atoms with Gasteiger partial charge in [0, 0.05) is 43.2 Å². The molecule has 4 aromatic rings. The van der Waals surface area contributed by atoms with E-state index in [9.17, 15) is 19.0 Å². The number of aliphatic hydroxyl groups is 1. The van der Waals surface area contributed by atoms with E-state index in [1.807, 2.05) is 0 Å². The van der Waals surface area contributed by atoms with Gasteiger partial charge in [-0.25, -0.2) is 13.2 Å². The molecule has 5 heterocycles. The molecule has 0 unspecified atom stereocenters. The molecule has 1 aliphatic carbocycles. The van der Waals surface area contributed by atoms with Gasteiger partial charge in [-0.05, 0) is 67.6 Å². The molecule has 45 heavy (non-hydrogen) atoms. The molecule has 0 amide bonds. The fraction of sp³-hybridized carbons (Fsp3) is 0.441. The largest absolute Gasteiger partial charge is 0.508 e. The molecule has 232 valence electrons. The number of aromatic nitrogens is 3. The number of rotatable bonds is 5. The number of anilines is 1. The van der Waals surface area contributed by atoms with Crippen LogP contribution in [0.4, 0.5) is 19.0 Å². The Hall–Kier alpha value is -4.14. The van der Waals surface area contributed by atoms with Crippen LogP contribution in [-0.2, 0) is 0 Å². The van der Waals surface area contributed by atoms with Crippen LogP contribution in [0.2, 0.25) is 0 Å². The minimum absolute atomic E-state index is 0.0229. The molecule has 8 rings (SSSR count). The lowest BCUT2D eigenvalue weighted by Crippen LogP contribution is -2.43. The van der Waals surface area contributed by atoms with Crippen molar-refractivity contribution in [3.05, 3.63) is 47.7 Å². The summed E-state index contributed by atoms with van der Waals surface area (Å²) < 4.78 is 52.2. The number of aromatic hydroxyl groups is 1. The average Bonchev–Trinajstić information content (AvgIpc) is 3.75. The minimum atomic E-state index is -0.928. The van der Waals surface area contributed by atoms with E-state index in [0.717, 1.165) is 19.4 Å². The Labute approximate surface area is 257 Å². The van der Waals surface area contributed by atoms with Gasteiger partial charge in [0.15, 0.2) is 5.82 Å². The number of hydrogen-bond acceptors (Lipinski definition) is 8. The molecule has 4 fully saturated rings. The Morgan fingerprint density at radius 2 is 1.91 bits per heavy atom. The summed E-state index contributed by atoms with van der Waals surface area (Å²) in [4.78, 5) is 18.0. The summed E-state index contributed by atoms with van der Waals surface area (Å²) in [7, 11) is 0. The van der Waals surface area contributed by atoms with Crippen LogP contribution in [0.5, 0.6) is 11.8 Å². The summed E-state index contributed by atoms with van der Waals surface area (Å²) in [6.45, 7) is 2.63. The van der Waals surface area contributed by atoms with Crippen molar-refractivity contribution in [2.45, 2.75) is 49.9 Å². The summed E-state index contributed by atoms with van der Waals surface area (Å²) in [5.74, 6) is 1.81. The maximum absolute atomic E-state index is 16.7. The highest BCUT2D eigenvalue weighted by Gasteiger charge is 2.49. The minimum Gasteiger partial charge on any atom is -0.508 e. The summed E-state index contributed by atoms with van der Waals surface area (Å²) in [6, 6.07) is 5.40. The topological polar surface area (TPSA) is 94.8 Å². The molecular weight excluding hydrogens is 583 g/mol. The Kier molecular flexibility index (Phi) is 6.59. The van der Waals surface area contributed by atoms with Crippen molar-refractivity contribution in [3.8, 4) is 35.4 Å². The van der Waals surface area contributed by atoms with Gasteiger partial charge in [0.2, 0.25) is 0 Å². The van der Waals surface area contributed by atoms with E-state index in [1.54, 1.807) is 0 Å². The van der Waals surface area contributed by atoms with Crippen molar-refractivity contribution in [2.75, 3.05) is 37.7 Å². The fourth-order valence-electron chi connectivity index (χ4n) is 8.36. The van der Waals surface area contributed by atoms with Crippen molar-refractivity contribution in [1.82, 2.24) is 19.9 Å². The average molecular weight is 616 g/mol. The third-order valence-corrected chi connectivity index (χ3v) is 10.4. The predicted octanol–water partition coefficient (Wildman–Crippen LogP) is 4.97. The van der Waals surface area contributed by atoms with Gasteiger partial charge < -0.3 is 19.8 Å². The monoisotopic (exact) mass is 615 g/mol. The highest BCUT2D eigenvalue weighted by molar-refractivity contribution is 6.03. The Balaban J connectivity index is 1.26. The number of nitrogens with zero attached hydrogens (tertiary/aromatic N) is 5. The van der Waals surface area contributed by atoms with Crippen LogP contribution < -0.4 is 9.64 Å². The molecule has 0 bridgehead atoms. The standard InChI is InChI=1S/C34H32F3N5O3/c1-2-24-27(36)5-4-18-8-23(44)11-25(28(18)24)30-29(37)31-26(13-38-30)32(41-14-19-9-22(43)10-20(19)15-41)40-33(39-31)45-17-34-6-3-7-42(34)16-21(35)12-34/h1,4-5,8,11,13,19-22,43-44H,3,6-7,9-10,12,14-17H2/t19-,20+,21-,22-,34+/m1/s1. The fourth-order valence-corrected chi connectivity index (χ4v) is 8.36. The summed E-state index contributed by atoms with van der Waals surface area (Å²) in [5, 5.41) is 21.8. The second kappa shape index (κ2) is 10.5. The van der Waals surface area contributed by atoms with E-state index in [1.165, 1.54) is 30.5 Å². The second-order valence-electron chi connectivity index (χ2n) is 13.1. The lowest BCUT2D eigenvalue weighted by Gasteiger charge is -2.31. The zero-order chi connectivity index (χ0) is 31.0. The predicted molar refractivity (Wildman–Crippen MR) is 163 cm³/mol. The molecule has 3 aliphatic heterocycles. The lowest BCUT2D eigenvalue weighted by molar-refractivity contribution is 0.107. The molecule has 0 radical (unpaired) electrons. The van der Waals surface area contributed by atoms with E-state index in [0.29, 0.717) is 55.5 Å². The Bertz CT molecular complexity index is 1890. The van der Waals surface area contributed by atoms with Gasteiger partial charge in [0.05, 0.1) is 22.6 Å². The molecule has 4 aliphatic rings. The molecule has 2 aromatic heterocycles. The molecule has 0 spiro atoms. The zero-order valence-electron chi connectivity index (χ0n) is 24.5. The van der Waals surface area contributed by atoms with Crippen molar-refractivity contribution < 1.29 is 28.1 Å². The van der Waals surface area contributed by atoms with Crippen LogP contribution in [-0.4, -0.2) is 80.7 Å². The zero-order valence-corrected chi connectivity index (χ0v) is 24.5. The third-order valence-electron chi connectivity index (χ3n) is 10.4. The maximum atomic E-state index is 16.7. The van der Waals surface area contributed by atoms with Crippen molar-refractivity contribution in [2.24, 2.45) is 11.8 Å². The van der Waals surface area contributed by atoms with Gasteiger partial charge in [0.1, 0.15) is 41.4 Å². The van der Waals surface area contributed by atoms with Crippen LogP contribution in [0, 0.1) is 35.8 Å². The number of phenols is 1. The number of pyridine rings is 1. The van der Waals surface area contributed by atoms with Crippen molar-refractivity contribution >= 4 is 27.5 Å². The Morgan fingerprint density at radius 1 is 1.11 bits per heavy atom. The van der Waals surface area contributed by atoms with Crippen LogP contribution in [0.25, 0.3) is 32.9 Å². The number of halogens is 3. The first-order chi connectivity index (χ1) is 21.7. The van der Waals surface area contributed by atoms with Gasteiger partial charge >= 0.3 is 6.01 Å². The summed E-state index contributed by atoms with van der Waals surface area (Å²) >= 11 is 0. The highest BCUT2D eigenvalue weighted by atomic mass is 19.1. The van der Waals surface area contributed by atoms with Crippen molar-refractivity contribution in [3.63, 3.8) is 0 Å². The molecule has 2 aromatic carbocycles. The first-order valence-electron chi connectivity index (χ1n) is 15.5. The lowest BCUT2D eigenvalue weighted by atomic mass is 9.95. The first-order valence-corrected chi connectivity index (χ1v) is 15.5. The smallest absolute Gasteiger partial charge is 0.319 e. The van der Waals surface area contributed by atoms with E-state index in [4.69, 9.17) is 16.1 Å². The number of terminal acetylenes is 1. The van der Waals surface area contributed by atoms with Gasteiger partial charge in [-0.15, -0.1) is 6.42 Å². The number of hydrogen-bond donors (Lipinski definition) is 2. The molecule has 5 atom stereocenters. The Morgan fingerprint density at radius 3 is 2.69 bits per heavy atom. The number of alkyl halides is 1. The van der Waals surface area contributed by atoms with Crippen molar-refractivity contribution in [1.29, 1.82) is 0 Å². The third kappa shape index (κ3) is 4.57. The van der Waals surface area contributed by atoms with Gasteiger partial charge in [-0.2, -0.15) is 9.97 Å². The highest BCUT2D eigenvalue weighted by Crippen LogP contribution is 2.44. The molecule has 8 nitrogen and oxygen atoms in total. The van der Waals surface area contributed by atoms with Gasteiger partial charge in [0.25, 0.3) is 0 Å². The number of benzene rings is 2. The summed E-state index contributed by atoms with van der Waals surface area (Å²) in [5.41, 5.74) is -0.576. The van der Waals surface area contributed by atoms with Crippen LogP contribution in [0.3, 0.4) is 0 Å². The van der Waals surface area contributed by atoms with E-state index in [-0.39, 0.29) is 64.0 Å². The second-order valence-corrected chi connectivity index (χ2v) is 13.1. The number of phenolic OH excluding ortho intramolecular Hbond substituents is 1. The maximum Gasteiger partial charge on any atom is 0.319 e. The molecule has 2 N–H and O–H groups in total. The van der Waals surface area contributed by atoms with E-state index >= 15 is 4.39 Å². The number of ether oxygens (including phenoxy) is 1. The first kappa shape index (κ1) is 28.3. The number of aliphatic hydroxyl groups excluding tert-OH is 1. The van der Waals surface area contributed by atoms with Crippen LogP contribution in [0.1, 0.15) is 37.7 Å². The van der Waals surface area contributed by atoms with Gasteiger partial charge in [-0.3, -0.25) is 9.88 Å². The molecule has 3 saturated heterocycles. The van der Waals surface area contributed by atoms with E-state index < -0.39 is 23.3 Å².